The van der Waals surface area contributed by atoms with Crippen molar-refractivity contribution in [3.05, 3.63) is 0 Å². The van der Waals surface area contributed by atoms with Gasteiger partial charge in [-0.25, -0.2) is 0 Å². The van der Waals surface area contributed by atoms with Gasteiger partial charge >= 0.3 is 0 Å². The third-order valence-electron chi connectivity index (χ3n) is 2.03. The molecule has 0 amide bonds. The quantitative estimate of drug-likeness (QED) is 0.516. The minimum atomic E-state index is 0.621. The molecule has 0 aliphatic rings. The summed E-state index contributed by atoms with van der Waals surface area (Å²) in [6.45, 7) is 4.48. The number of rotatable bonds is 7. The SMILES string of the molecule is CCCCC(C)CCC[C]=O. The molecule has 0 aromatic rings. The highest BCUT2D eigenvalue weighted by atomic mass is 16.1. The van der Waals surface area contributed by atoms with Crippen LogP contribution < -0.4 is 0 Å². The third-order valence-corrected chi connectivity index (χ3v) is 2.03. The van der Waals surface area contributed by atoms with Gasteiger partial charge < -0.3 is 0 Å². The molecule has 1 heteroatoms. The van der Waals surface area contributed by atoms with E-state index in [0.29, 0.717) is 6.42 Å². The van der Waals surface area contributed by atoms with E-state index in [1.165, 1.54) is 25.7 Å². The van der Waals surface area contributed by atoms with Crippen LogP contribution in [0, 0.1) is 5.92 Å². The fourth-order valence-electron chi connectivity index (χ4n) is 1.22. The van der Waals surface area contributed by atoms with Crippen molar-refractivity contribution < 1.29 is 4.79 Å². The Hall–Kier alpha value is -0.330. The van der Waals surface area contributed by atoms with Gasteiger partial charge in [0.15, 0.2) is 6.29 Å². The van der Waals surface area contributed by atoms with Crippen molar-refractivity contribution in [1.29, 1.82) is 0 Å². The summed E-state index contributed by atoms with van der Waals surface area (Å²) in [7, 11) is 0. The maximum atomic E-state index is 9.88. The third kappa shape index (κ3) is 7.57. The summed E-state index contributed by atoms with van der Waals surface area (Å²) in [5.74, 6) is 0.795. The van der Waals surface area contributed by atoms with Crippen molar-refractivity contribution in [3.63, 3.8) is 0 Å². The number of hydrogen-bond donors (Lipinski definition) is 0. The Morgan fingerprint density at radius 2 is 1.91 bits per heavy atom. The molecule has 0 spiro atoms. The van der Waals surface area contributed by atoms with E-state index in [-0.39, 0.29) is 0 Å². The zero-order valence-corrected chi connectivity index (χ0v) is 7.73. The smallest absolute Gasteiger partial charge is 0.198 e. The average Bonchev–Trinajstić information content (AvgIpc) is 2.01. The van der Waals surface area contributed by atoms with Crippen molar-refractivity contribution in [2.75, 3.05) is 0 Å². The minimum Gasteiger partial charge on any atom is -0.291 e. The fourth-order valence-corrected chi connectivity index (χ4v) is 1.22. The zero-order valence-electron chi connectivity index (χ0n) is 7.73. The summed E-state index contributed by atoms with van der Waals surface area (Å²) in [5.41, 5.74) is 0. The van der Waals surface area contributed by atoms with E-state index in [1.54, 1.807) is 0 Å². The Morgan fingerprint density at radius 1 is 1.27 bits per heavy atom. The van der Waals surface area contributed by atoms with Crippen molar-refractivity contribution in [2.24, 2.45) is 5.92 Å². The van der Waals surface area contributed by atoms with Crippen LogP contribution in [-0.2, 0) is 4.79 Å². The highest BCUT2D eigenvalue weighted by Gasteiger charge is 1.99. The standard InChI is InChI=1S/C10H19O/c1-3-4-7-10(2)8-5-6-9-11/h10H,3-8H2,1-2H3. The van der Waals surface area contributed by atoms with Crippen LogP contribution >= 0.6 is 0 Å². The summed E-state index contributed by atoms with van der Waals surface area (Å²) in [5, 5.41) is 0. The molecule has 0 rings (SSSR count). The Bertz CT molecular complexity index is 88.9. The Morgan fingerprint density at radius 3 is 2.45 bits per heavy atom. The van der Waals surface area contributed by atoms with Gasteiger partial charge in [-0.15, -0.1) is 0 Å². The van der Waals surface area contributed by atoms with Gasteiger partial charge in [-0.2, -0.15) is 0 Å². The molecule has 1 nitrogen and oxygen atoms in total. The van der Waals surface area contributed by atoms with Gasteiger partial charge in [-0.05, 0) is 12.3 Å². The maximum Gasteiger partial charge on any atom is 0.198 e. The zero-order chi connectivity index (χ0) is 8.53. The van der Waals surface area contributed by atoms with E-state index < -0.39 is 0 Å². The Balaban J connectivity index is 3.08. The lowest BCUT2D eigenvalue weighted by molar-refractivity contribution is 0.457. The Kier molecular flexibility index (Phi) is 7.54. The predicted molar refractivity (Wildman–Crippen MR) is 48.2 cm³/mol. The molecule has 0 aromatic carbocycles. The predicted octanol–water partition coefficient (Wildman–Crippen LogP) is 3.09. The first-order valence-corrected chi connectivity index (χ1v) is 4.66. The van der Waals surface area contributed by atoms with Gasteiger partial charge in [0, 0.05) is 6.42 Å². The second-order valence-corrected chi connectivity index (χ2v) is 3.28. The normalized spacial score (nSPS) is 12.9. The number of carbonyl (C=O) groups excluding carboxylic acids is 1. The maximum absolute atomic E-state index is 9.88. The number of hydrogen-bond acceptors (Lipinski definition) is 1. The van der Waals surface area contributed by atoms with Gasteiger partial charge in [0.25, 0.3) is 0 Å². The molecule has 0 aliphatic carbocycles. The van der Waals surface area contributed by atoms with E-state index in [4.69, 9.17) is 0 Å². The van der Waals surface area contributed by atoms with E-state index in [2.05, 4.69) is 13.8 Å². The van der Waals surface area contributed by atoms with Crippen molar-refractivity contribution in [3.8, 4) is 0 Å². The van der Waals surface area contributed by atoms with Crippen LogP contribution in [0.1, 0.15) is 52.4 Å². The molecule has 65 valence electrons. The second-order valence-electron chi connectivity index (χ2n) is 3.28. The van der Waals surface area contributed by atoms with Crippen LogP contribution in [0.3, 0.4) is 0 Å². The first-order valence-electron chi connectivity index (χ1n) is 4.66. The van der Waals surface area contributed by atoms with Crippen molar-refractivity contribution in [2.45, 2.75) is 52.4 Å². The Labute approximate surface area is 70.2 Å². The van der Waals surface area contributed by atoms with Crippen LogP contribution in [0.4, 0.5) is 0 Å². The second kappa shape index (κ2) is 7.77. The van der Waals surface area contributed by atoms with Gasteiger partial charge in [-0.3, -0.25) is 4.79 Å². The lowest BCUT2D eigenvalue weighted by Gasteiger charge is -2.08. The first-order chi connectivity index (χ1) is 5.31. The summed E-state index contributed by atoms with van der Waals surface area (Å²) < 4.78 is 0. The molecule has 0 saturated heterocycles. The molecule has 0 aromatic heterocycles. The first kappa shape index (κ1) is 10.7. The molecule has 1 unspecified atom stereocenters. The van der Waals surface area contributed by atoms with E-state index in [1.807, 2.05) is 6.29 Å². The number of unbranched alkanes of at least 4 members (excludes halogenated alkanes) is 2. The molecule has 0 saturated carbocycles. The molecule has 1 radical (unpaired) electrons. The van der Waals surface area contributed by atoms with Crippen LogP contribution in [0.25, 0.3) is 0 Å². The molecule has 0 heterocycles. The summed E-state index contributed by atoms with van der Waals surface area (Å²) in [6.07, 6.45) is 8.68. The van der Waals surface area contributed by atoms with Crippen molar-refractivity contribution >= 4 is 6.29 Å². The van der Waals surface area contributed by atoms with Gasteiger partial charge in [0.05, 0.1) is 0 Å². The topological polar surface area (TPSA) is 17.1 Å². The van der Waals surface area contributed by atoms with E-state index >= 15 is 0 Å². The largest absolute Gasteiger partial charge is 0.291 e. The molecule has 0 bridgehead atoms. The lowest BCUT2D eigenvalue weighted by Crippen LogP contribution is -1.94. The van der Waals surface area contributed by atoms with E-state index in [9.17, 15) is 4.79 Å². The van der Waals surface area contributed by atoms with Crippen molar-refractivity contribution in [1.82, 2.24) is 0 Å². The molecule has 1 atom stereocenters. The summed E-state index contributed by atoms with van der Waals surface area (Å²) in [6, 6.07) is 0. The average molecular weight is 155 g/mol. The molecular formula is C10H19O. The fraction of sp³-hybridized carbons (Fsp3) is 0.900. The van der Waals surface area contributed by atoms with Crippen LogP contribution in [0.15, 0.2) is 0 Å². The van der Waals surface area contributed by atoms with Crippen LogP contribution in [0.5, 0.6) is 0 Å². The van der Waals surface area contributed by atoms with Crippen LogP contribution in [0.2, 0.25) is 0 Å². The van der Waals surface area contributed by atoms with Gasteiger partial charge in [-0.1, -0.05) is 39.5 Å². The molecular weight excluding hydrogens is 136 g/mol. The minimum absolute atomic E-state index is 0.621. The highest BCUT2D eigenvalue weighted by Crippen LogP contribution is 2.14. The lowest BCUT2D eigenvalue weighted by atomic mass is 9.98. The van der Waals surface area contributed by atoms with E-state index in [0.717, 1.165) is 12.3 Å². The van der Waals surface area contributed by atoms with Gasteiger partial charge in [0.1, 0.15) is 0 Å². The summed E-state index contributed by atoms with van der Waals surface area (Å²) in [4.78, 5) is 9.88. The monoisotopic (exact) mass is 155 g/mol. The summed E-state index contributed by atoms with van der Waals surface area (Å²) >= 11 is 0. The molecule has 0 N–H and O–H groups in total. The molecule has 0 fully saturated rings. The molecule has 11 heavy (non-hydrogen) atoms. The van der Waals surface area contributed by atoms with Crippen LogP contribution in [-0.4, -0.2) is 6.29 Å². The van der Waals surface area contributed by atoms with Gasteiger partial charge in [0.2, 0.25) is 0 Å². The highest BCUT2D eigenvalue weighted by molar-refractivity contribution is 5.50. The molecule has 0 aliphatic heterocycles.